The van der Waals surface area contributed by atoms with Crippen LogP contribution in [0.5, 0.6) is 0 Å². The fraction of sp³-hybridized carbons (Fsp3) is 0.143. The quantitative estimate of drug-likeness (QED) is 0.866. The van der Waals surface area contributed by atoms with Crippen molar-refractivity contribution in [2.75, 3.05) is 0 Å². The fourth-order valence-electron chi connectivity index (χ4n) is 2.11. The molecule has 0 bridgehead atoms. The van der Waals surface area contributed by atoms with Crippen molar-refractivity contribution in [3.63, 3.8) is 0 Å². The number of allylic oxidation sites excluding steroid dienone is 6. The number of aromatic nitrogens is 2. The molecule has 1 heterocycles. The summed E-state index contributed by atoms with van der Waals surface area (Å²) in [7, 11) is 1.86. The van der Waals surface area contributed by atoms with Crippen LogP contribution in [0.2, 0.25) is 0 Å². The summed E-state index contributed by atoms with van der Waals surface area (Å²) in [4.78, 5) is 12.1. The van der Waals surface area contributed by atoms with E-state index in [0.717, 1.165) is 22.4 Å². The molecule has 0 aromatic carbocycles. The second kappa shape index (κ2) is 4.14. The highest BCUT2D eigenvalue weighted by Crippen LogP contribution is 2.29. The Labute approximate surface area is 105 Å². The van der Waals surface area contributed by atoms with Crippen LogP contribution in [0, 0.1) is 0 Å². The van der Waals surface area contributed by atoms with Crippen molar-refractivity contribution in [2.24, 2.45) is 7.05 Å². The molecule has 0 atom stereocenters. The van der Waals surface area contributed by atoms with Crippen LogP contribution < -0.4 is 5.32 Å². The summed E-state index contributed by atoms with van der Waals surface area (Å²) in [6.07, 6.45) is 11.6. The van der Waals surface area contributed by atoms with Gasteiger partial charge in [-0.25, -0.2) is 0 Å². The molecule has 1 aromatic rings. The van der Waals surface area contributed by atoms with E-state index in [9.17, 15) is 4.79 Å². The Hall–Kier alpha value is -2.36. The first kappa shape index (κ1) is 10.8. The van der Waals surface area contributed by atoms with E-state index >= 15 is 0 Å². The molecule has 1 aromatic heterocycles. The number of rotatable bonds is 3. The van der Waals surface area contributed by atoms with Gasteiger partial charge in [-0.15, -0.1) is 0 Å². The third-order valence-electron chi connectivity index (χ3n) is 3.01. The molecular formula is C14H13N3O. The molecule has 90 valence electrons. The Morgan fingerprint density at radius 2 is 2.28 bits per heavy atom. The molecule has 0 radical (unpaired) electrons. The van der Waals surface area contributed by atoms with Gasteiger partial charge in [-0.1, -0.05) is 24.3 Å². The van der Waals surface area contributed by atoms with Gasteiger partial charge < -0.3 is 5.32 Å². The first-order chi connectivity index (χ1) is 8.74. The summed E-state index contributed by atoms with van der Waals surface area (Å²) in [5, 5.41) is 7.10. The van der Waals surface area contributed by atoms with Crippen molar-refractivity contribution in [2.45, 2.75) is 6.54 Å². The van der Waals surface area contributed by atoms with Crippen LogP contribution in [-0.4, -0.2) is 15.7 Å². The number of hydrogen-bond acceptors (Lipinski definition) is 2. The van der Waals surface area contributed by atoms with Gasteiger partial charge in [0, 0.05) is 18.8 Å². The van der Waals surface area contributed by atoms with E-state index in [1.165, 1.54) is 0 Å². The average molecular weight is 239 g/mol. The highest BCUT2D eigenvalue weighted by Gasteiger charge is 2.19. The molecule has 18 heavy (non-hydrogen) atoms. The molecule has 0 saturated heterocycles. The van der Waals surface area contributed by atoms with Crippen LogP contribution in [0.25, 0.3) is 0 Å². The van der Waals surface area contributed by atoms with Crippen molar-refractivity contribution in [1.29, 1.82) is 0 Å². The smallest absolute Gasteiger partial charge is 0.252 e. The van der Waals surface area contributed by atoms with Crippen molar-refractivity contribution in [3.8, 4) is 0 Å². The third kappa shape index (κ3) is 1.82. The number of aryl methyl sites for hydroxylation is 1. The minimum Gasteiger partial charge on any atom is -0.346 e. The lowest BCUT2D eigenvalue weighted by Gasteiger charge is -2.04. The number of amides is 1. The number of nitrogens with zero attached hydrogens (tertiary/aromatic N) is 2. The Morgan fingerprint density at radius 1 is 1.39 bits per heavy atom. The number of hydrogen-bond donors (Lipinski definition) is 1. The zero-order valence-electron chi connectivity index (χ0n) is 10.1. The van der Waals surface area contributed by atoms with E-state index in [1.54, 1.807) is 4.68 Å². The first-order valence-electron chi connectivity index (χ1n) is 5.82. The minimum absolute atomic E-state index is 0.0538. The van der Waals surface area contributed by atoms with E-state index in [-0.39, 0.29) is 5.91 Å². The van der Waals surface area contributed by atoms with E-state index in [1.807, 2.05) is 49.7 Å². The molecule has 2 aliphatic rings. The zero-order valence-corrected chi connectivity index (χ0v) is 10.1. The molecular weight excluding hydrogens is 226 g/mol. The van der Waals surface area contributed by atoms with Gasteiger partial charge in [0.05, 0.1) is 12.2 Å². The molecule has 0 spiro atoms. The maximum absolute atomic E-state index is 12.1. The lowest BCUT2D eigenvalue weighted by Crippen LogP contribution is -2.24. The predicted octanol–water partition coefficient (Wildman–Crippen LogP) is 1.40. The van der Waals surface area contributed by atoms with E-state index < -0.39 is 0 Å². The number of fused-ring (bicyclic) bond motifs is 1. The second-order valence-corrected chi connectivity index (χ2v) is 4.31. The zero-order chi connectivity index (χ0) is 12.5. The van der Waals surface area contributed by atoms with Crippen LogP contribution >= 0.6 is 0 Å². The lowest BCUT2D eigenvalue weighted by molar-refractivity contribution is -0.117. The van der Waals surface area contributed by atoms with E-state index in [0.29, 0.717) is 6.54 Å². The third-order valence-corrected chi connectivity index (χ3v) is 3.01. The normalized spacial score (nSPS) is 16.2. The van der Waals surface area contributed by atoms with Crippen LogP contribution in [0.4, 0.5) is 0 Å². The van der Waals surface area contributed by atoms with E-state index in [2.05, 4.69) is 10.4 Å². The average Bonchev–Trinajstić information content (AvgIpc) is 3.01. The van der Waals surface area contributed by atoms with Crippen LogP contribution in [0.3, 0.4) is 0 Å². The predicted molar refractivity (Wildman–Crippen MR) is 68.4 cm³/mol. The summed E-state index contributed by atoms with van der Waals surface area (Å²) in [6, 6.07) is 1.89. The highest BCUT2D eigenvalue weighted by molar-refractivity contribution is 6.00. The van der Waals surface area contributed by atoms with Gasteiger partial charge >= 0.3 is 0 Å². The summed E-state index contributed by atoms with van der Waals surface area (Å²) >= 11 is 0. The van der Waals surface area contributed by atoms with Gasteiger partial charge in [-0.05, 0) is 23.3 Å². The molecule has 0 saturated carbocycles. The minimum atomic E-state index is -0.0538. The van der Waals surface area contributed by atoms with Gasteiger partial charge in [-0.3, -0.25) is 9.48 Å². The maximum atomic E-state index is 12.1. The van der Waals surface area contributed by atoms with Gasteiger partial charge in [0.25, 0.3) is 5.91 Å². The first-order valence-corrected chi connectivity index (χ1v) is 5.82. The molecule has 4 nitrogen and oxygen atoms in total. The van der Waals surface area contributed by atoms with Crippen molar-refractivity contribution in [1.82, 2.24) is 15.1 Å². The van der Waals surface area contributed by atoms with Gasteiger partial charge in [0.1, 0.15) is 0 Å². The van der Waals surface area contributed by atoms with Gasteiger partial charge in [-0.2, -0.15) is 5.10 Å². The maximum Gasteiger partial charge on any atom is 0.252 e. The Morgan fingerprint density at radius 3 is 3.06 bits per heavy atom. The van der Waals surface area contributed by atoms with Crippen LogP contribution in [-0.2, 0) is 18.4 Å². The molecule has 0 fully saturated rings. The Kier molecular flexibility index (Phi) is 2.48. The molecule has 3 rings (SSSR count). The molecule has 1 N–H and O–H groups in total. The van der Waals surface area contributed by atoms with Crippen LogP contribution in [0.1, 0.15) is 5.69 Å². The second-order valence-electron chi connectivity index (χ2n) is 4.31. The summed E-state index contributed by atoms with van der Waals surface area (Å²) < 4.78 is 1.72. The van der Waals surface area contributed by atoms with Crippen molar-refractivity contribution >= 4 is 5.91 Å². The van der Waals surface area contributed by atoms with Gasteiger partial charge in [0.15, 0.2) is 0 Å². The Bertz CT molecular complexity index is 629. The molecule has 0 aliphatic heterocycles. The Balaban J connectivity index is 1.70. The standard InChI is InChI=1S/C14H13N3O/c1-17-8-7-11(16-17)9-15-14(18)13-6-5-10-3-2-4-12(10)13/h2-8H,9H2,1H3,(H,15,18). The molecule has 4 heteroatoms. The largest absolute Gasteiger partial charge is 0.346 e. The number of nitrogens with one attached hydrogen (secondary N) is 1. The number of carbonyl (C=O) groups excluding carboxylic acids is 1. The lowest BCUT2D eigenvalue weighted by atomic mass is 10.1. The highest BCUT2D eigenvalue weighted by atomic mass is 16.1. The van der Waals surface area contributed by atoms with Crippen molar-refractivity contribution in [3.05, 3.63) is 65.1 Å². The number of carbonyl (C=O) groups is 1. The van der Waals surface area contributed by atoms with Gasteiger partial charge in [0.2, 0.25) is 0 Å². The van der Waals surface area contributed by atoms with E-state index in [4.69, 9.17) is 0 Å². The summed E-state index contributed by atoms with van der Waals surface area (Å²) in [6.45, 7) is 0.451. The molecule has 2 aliphatic carbocycles. The monoisotopic (exact) mass is 239 g/mol. The topological polar surface area (TPSA) is 46.9 Å². The molecule has 0 unspecified atom stereocenters. The molecule has 1 amide bonds. The summed E-state index contributed by atoms with van der Waals surface area (Å²) in [5.74, 6) is -0.0538. The SMILES string of the molecule is Cn1ccc(CNC(=O)C2=C3C=CC=C3C=C2)n1. The fourth-order valence-corrected chi connectivity index (χ4v) is 2.11. The van der Waals surface area contributed by atoms with Crippen LogP contribution in [0.15, 0.2) is 59.4 Å². The van der Waals surface area contributed by atoms with Crippen molar-refractivity contribution < 1.29 is 4.79 Å². The summed E-state index contributed by atoms with van der Waals surface area (Å²) in [5.41, 5.74) is 3.70.